The van der Waals surface area contributed by atoms with Crippen LogP contribution in [0.4, 0.5) is 10.1 Å². The maximum Gasteiger partial charge on any atom is 0.174 e. The molecule has 0 bridgehead atoms. The molecule has 2 atom stereocenters. The molecule has 0 spiro atoms. The lowest BCUT2D eigenvalue weighted by molar-refractivity contribution is 0.548. The van der Waals surface area contributed by atoms with Crippen molar-refractivity contribution in [3.63, 3.8) is 0 Å². The third kappa shape index (κ3) is 3.23. The van der Waals surface area contributed by atoms with Crippen LogP contribution in [0.25, 0.3) is 5.82 Å². The minimum absolute atomic E-state index is 0.180. The van der Waals surface area contributed by atoms with Crippen molar-refractivity contribution in [1.82, 2.24) is 19.9 Å². The minimum Gasteiger partial charge on any atom is -0.351 e. The highest BCUT2D eigenvalue weighted by Crippen LogP contribution is 2.42. The van der Waals surface area contributed by atoms with Gasteiger partial charge in [0.05, 0.1) is 11.7 Å². The Morgan fingerprint density at radius 1 is 0.867 bits per heavy atom. The summed E-state index contributed by atoms with van der Waals surface area (Å²) in [6, 6.07) is 21.7. The number of anilines is 1. The molecule has 3 aromatic heterocycles. The van der Waals surface area contributed by atoms with Gasteiger partial charge in [0.1, 0.15) is 17.7 Å². The molecule has 5 nitrogen and oxygen atoms in total. The lowest BCUT2D eigenvalue weighted by Gasteiger charge is -2.28. The van der Waals surface area contributed by atoms with E-state index in [1.807, 2.05) is 58.1 Å². The second kappa shape index (κ2) is 7.68. The first-order valence-corrected chi connectivity index (χ1v) is 9.98. The highest BCUT2D eigenvalue weighted by molar-refractivity contribution is 7.80. The Kier molecular flexibility index (Phi) is 4.72. The first kappa shape index (κ1) is 18.4. The fourth-order valence-electron chi connectivity index (χ4n) is 3.88. The van der Waals surface area contributed by atoms with Crippen LogP contribution < -0.4 is 10.2 Å². The quantitative estimate of drug-likeness (QED) is 0.494. The summed E-state index contributed by atoms with van der Waals surface area (Å²) in [6.45, 7) is 0. The normalized spacial score (nSPS) is 18.4. The fourth-order valence-corrected chi connectivity index (χ4v) is 4.22. The van der Waals surface area contributed by atoms with Gasteiger partial charge in [-0.3, -0.25) is 4.98 Å². The summed E-state index contributed by atoms with van der Waals surface area (Å²) in [6.07, 6.45) is 5.53. The smallest absolute Gasteiger partial charge is 0.174 e. The molecule has 4 heterocycles. The zero-order valence-corrected chi connectivity index (χ0v) is 16.7. The zero-order chi connectivity index (χ0) is 20.5. The van der Waals surface area contributed by atoms with Crippen LogP contribution in [0.3, 0.4) is 0 Å². The predicted octanol–water partition coefficient (Wildman–Crippen LogP) is 4.58. The Balaban J connectivity index is 1.67. The second-order valence-corrected chi connectivity index (χ2v) is 7.35. The Morgan fingerprint density at radius 3 is 2.33 bits per heavy atom. The van der Waals surface area contributed by atoms with Gasteiger partial charge >= 0.3 is 0 Å². The van der Waals surface area contributed by atoms with Crippen LogP contribution in [0.1, 0.15) is 23.5 Å². The van der Waals surface area contributed by atoms with E-state index in [2.05, 4.69) is 21.4 Å². The average Bonchev–Trinajstić information content (AvgIpc) is 3.40. The van der Waals surface area contributed by atoms with Gasteiger partial charge in [0, 0.05) is 30.0 Å². The van der Waals surface area contributed by atoms with E-state index in [9.17, 15) is 4.39 Å². The zero-order valence-electron chi connectivity index (χ0n) is 15.9. The Bertz CT molecular complexity index is 1160. The van der Waals surface area contributed by atoms with Crippen molar-refractivity contribution < 1.29 is 4.39 Å². The highest BCUT2D eigenvalue weighted by atomic mass is 32.1. The summed E-state index contributed by atoms with van der Waals surface area (Å²) in [5.41, 5.74) is 2.69. The molecule has 0 aliphatic carbocycles. The van der Waals surface area contributed by atoms with E-state index in [-0.39, 0.29) is 17.9 Å². The van der Waals surface area contributed by atoms with E-state index in [0.717, 1.165) is 22.9 Å². The second-order valence-electron chi connectivity index (χ2n) is 6.96. The van der Waals surface area contributed by atoms with Crippen LogP contribution >= 0.6 is 12.2 Å². The number of hydrogen-bond donors (Lipinski definition) is 1. The van der Waals surface area contributed by atoms with Crippen molar-refractivity contribution in [1.29, 1.82) is 0 Å². The lowest BCUT2D eigenvalue weighted by atomic mass is 10.0. The monoisotopic (exact) mass is 415 g/mol. The summed E-state index contributed by atoms with van der Waals surface area (Å²) in [5, 5.41) is 3.98. The lowest BCUT2D eigenvalue weighted by Crippen LogP contribution is -2.30. The molecular formula is C23H18FN5S. The number of halogens is 1. The number of nitrogens with zero attached hydrogens (tertiary/aromatic N) is 4. The molecule has 1 aliphatic heterocycles. The van der Waals surface area contributed by atoms with E-state index < -0.39 is 0 Å². The third-order valence-electron chi connectivity index (χ3n) is 5.18. The molecule has 5 rings (SSSR count). The third-order valence-corrected chi connectivity index (χ3v) is 5.50. The first-order valence-electron chi connectivity index (χ1n) is 9.57. The molecule has 1 saturated heterocycles. The number of nitrogens with one attached hydrogen (secondary N) is 1. The van der Waals surface area contributed by atoms with Gasteiger partial charge in [-0.1, -0.05) is 12.1 Å². The van der Waals surface area contributed by atoms with E-state index in [1.54, 1.807) is 24.5 Å². The van der Waals surface area contributed by atoms with Crippen molar-refractivity contribution in [2.24, 2.45) is 0 Å². The van der Waals surface area contributed by atoms with Crippen molar-refractivity contribution >= 4 is 23.0 Å². The van der Waals surface area contributed by atoms with Gasteiger partial charge in [0.2, 0.25) is 0 Å². The highest BCUT2D eigenvalue weighted by Gasteiger charge is 2.42. The molecule has 30 heavy (non-hydrogen) atoms. The standard InChI is InChI=1S/C23H18FN5S/c24-16-9-11-17(12-10-16)29-22(21(27-23(29)30)18-6-1-3-13-25-18)19-7-5-15-28(19)20-8-2-4-14-26-20/h1-15,21-22H,(H,27,30). The summed E-state index contributed by atoms with van der Waals surface area (Å²) in [7, 11) is 0. The van der Waals surface area contributed by atoms with Crippen molar-refractivity contribution in [3.05, 3.63) is 109 Å². The largest absolute Gasteiger partial charge is 0.351 e. The predicted molar refractivity (Wildman–Crippen MR) is 118 cm³/mol. The Morgan fingerprint density at radius 2 is 1.63 bits per heavy atom. The number of benzene rings is 1. The average molecular weight is 415 g/mol. The van der Waals surface area contributed by atoms with Crippen molar-refractivity contribution in [2.75, 3.05) is 4.90 Å². The van der Waals surface area contributed by atoms with Gasteiger partial charge < -0.3 is 14.8 Å². The Labute approximate surface area is 178 Å². The molecule has 0 amide bonds. The van der Waals surface area contributed by atoms with Crippen molar-refractivity contribution in [3.8, 4) is 5.82 Å². The molecule has 1 fully saturated rings. The molecule has 2 unspecified atom stereocenters. The summed E-state index contributed by atoms with van der Waals surface area (Å²) in [4.78, 5) is 11.1. The topological polar surface area (TPSA) is 46.0 Å². The van der Waals surface area contributed by atoms with Gasteiger partial charge in [-0.15, -0.1) is 0 Å². The van der Waals surface area contributed by atoms with E-state index in [0.29, 0.717) is 5.11 Å². The molecule has 7 heteroatoms. The van der Waals surface area contributed by atoms with Gasteiger partial charge in [-0.2, -0.15) is 0 Å². The number of hydrogen-bond acceptors (Lipinski definition) is 3. The van der Waals surface area contributed by atoms with Crippen LogP contribution in [0.15, 0.2) is 91.4 Å². The number of rotatable bonds is 4. The fraction of sp³-hybridized carbons (Fsp3) is 0.0870. The molecule has 4 aromatic rings. The van der Waals surface area contributed by atoms with Gasteiger partial charge in [-0.25, -0.2) is 9.37 Å². The van der Waals surface area contributed by atoms with Gasteiger partial charge in [-0.05, 0) is 72.9 Å². The molecular weight excluding hydrogens is 397 g/mol. The number of thiocarbonyl (C=S) groups is 1. The SMILES string of the molecule is Fc1ccc(N2C(=S)NC(c3ccccn3)C2c2cccn2-c2ccccn2)cc1. The van der Waals surface area contributed by atoms with E-state index >= 15 is 0 Å². The number of aromatic nitrogens is 3. The maximum atomic E-state index is 13.6. The van der Waals surface area contributed by atoms with E-state index in [1.165, 1.54) is 12.1 Å². The maximum absolute atomic E-state index is 13.6. The molecule has 1 aliphatic rings. The van der Waals surface area contributed by atoms with Crippen LogP contribution in [0.5, 0.6) is 0 Å². The van der Waals surface area contributed by atoms with Crippen LogP contribution in [-0.2, 0) is 0 Å². The summed E-state index contributed by atoms with van der Waals surface area (Å²) >= 11 is 5.71. The molecule has 148 valence electrons. The van der Waals surface area contributed by atoms with E-state index in [4.69, 9.17) is 12.2 Å². The van der Waals surface area contributed by atoms with Crippen molar-refractivity contribution in [2.45, 2.75) is 12.1 Å². The van der Waals surface area contributed by atoms with Gasteiger partial charge in [0.25, 0.3) is 0 Å². The molecule has 1 N–H and O–H groups in total. The minimum atomic E-state index is -0.286. The van der Waals surface area contributed by atoms with Crippen LogP contribution in [-0.4, -0.2) is 19.6 Å². The molecule has 1 aromatic carbocycles. The van der Waals surface area contributed by atoms with Crippen LogP contribution in [0.2, 0.25) is 0 Å². The molecule has 0 saturated carbocycles. The Hall–Kier alpha value is -3.58. The van der Waals surface area contributed by atoms with Gasteiger partial charge in [0.15, 0.2) is 5.11 Å². The van der Waals surface area contributed by atoms with Crippen LogP contribution in [0, 0.1) is 5.82 Å². The summed E-state index contributed by atoms with van der Waals surface area (Å²) in [5.74, 6) is 0.528. The number of pyridine rings is 2. The first-order chi connectivity index (χ1) is 14.7. The summed E-state index contributed by atoms with van der Waals surface area (Å²) < 4.78 is 15.6. The molecule has 0 radical (unpaired) electrons.